The van der Waals surface area contributed by atoms with E-state index in [1.807, 2.05) is 0 Å². The van der Waals surface area contributed by atoms with Gasteiger partial charge in [0.1, 0.15) is 5.75 Å². The summed E-state index contributed by atoms with van der Waals surface area (Å²) in [6, 6.07) is 5.11. The summed E-state index contributed by atoms with van der Waals surface area (Å²) in [5.74, 6) is -2.15. The third kappa shape index (κ3) is 2.03. The molecule has 0 bridgehead atoms. The number of aromatic nitrogens is 1. The van der Waals surface area contributed by atoms with Gasteiger partial charge in [0.2, 0.25) is 5.91 Å². The van der Waals surface area contributed by atoms with Gasteiger partial charge in [0.15, 0.2) is 5.56 Å². The molecule has 2 aromatic rings. The van der Waals surface area contributed by atoms with Crippen molar-refractivity contribution in [1.82, 2.24) is 4.98 Å². The summed E-state index contributed by atoms with van der Waals surface area (Å²) in [5, 5.41) is 21.6. The van der Waals surface area contributed by atoms with E-state index in [4.69, 9.17) is 5.11 Å². The summed E-state index contributed by atoms with van der Waals surface area (Å²) in [6.45, 7) is 1.52. The lowest BCUT2D eigenvalue weighted by Crippen LogP contribution is -2.19. The van der Waals surface area contributed by atoms with Gasteiger partial charge in [-0.2, -0.15) is 0 Å². The van der Waals surface area contributed by atoms with E-state index in [9.17, 15) is 19.5 Å². The number of hydrogen-bond acceptors (Lipinski definition) is 4. The number of carbonyl (C=O) groups is 2. The minimum absolute atomic E-state index is 0.110. The summed E-state index contributed by atoms with van der Waals surface area (Å²) < 4.78 is 0. The molecule has 3 rings (SSSR count). The number of anilines is 1. The van der Waals surface area contributed by atoms with Gasteiger partial charge in [-0.15, -0.1) is 0 Å². The number of carboxylic acids is 1. The van der Waals surface area contributed by atoms with Crippen LogP contribution < -0.4 is 10.9 Å². The minimum Gasteiger partial charge on any atom is -0.506 e. The number of pyridine rings is 1. The second kappa shape index (κ2) is 4.73. The van der Waals surface area contributed by atoms with E-state index in [-0.39, 0.29) is 17.9 Å². The van der Waals surface area contributed by atoms with Crippen LogP contribution in [0.25, 0.3) is 11.3 Å². The fourth-order valence-electron chi connectivity index (χ4n) is 2.56. The lowest BCUT2D eigenvalue weighted by molar-refractivity contribution is -0.115. The Morgan fingerprint density at radius 1 is 1.27 bits per heavy atom. The SMILES string of the molecule is Cc1c(-c2ccc3c(c2)CC(=O)N3)[nH]c(=O)c(C(=O)O)c1O. The standard InChI is InChI=1S/C15H12N2O5/c1-6-12(17-14(20)11(13(6)19)15(21)22)7-2-3-9-8(4-7)5-10(18)16-9/h2-4H,5H2,1H3,(H,16,18)(H,21,22)(H2,17,19,20). The van der Waals surface area contributed by atoms with Crippen molar-refractivity contribution in [2.75, 3.05) is 5.32 Å². The third-order valence-electron chi connectivity index (χ3n) is 3.67. The highest BCUT2D eigenvalue weighted by Gasteiger charge is 2.22. The van der Waals surface area contributed by atoms with Crippen LogP contribution in [-0.4, -0.2) is 27.1 Å². The number of aromatic amines is 1. The van der Waals surface area contributed by atoms with Crippen LogP contribution in [0, 0.1) is 6.92 Å². The van der Waals surface area contributed by atoms with Crippen LogP contribution in [0.15, 0.2) is 23.0 Å². The molecule has 0 atom stereocenters. The molecule has 4 N–H and O–H groups in total. The molecule has 1 amide bonds. The molecule has 1 aliphatic heterocycles. The predicted octanol–water partition coefficient (Wildman–Crippen LogP) is 1.25. The molecule has 2 heterocycles. The zero-order valence-corrected chi connectivity index (χ0v) is 11.6. The fraction of sp³-hybridized carbons (Fsp3) is 0.133. The monoisotopic (exact) mass is 300 g/mol. The highest BCUT2D eigenvalue weighted by Crippen LogP contribution is 2.32. The highest BCUT2D eigenvalue weighted by molar-refractivity contribution is 5.99. The first-order valence-corrected chi connectivity index (χ1v) is 6.50. The number of rotatable bonds is 2. The van der Waals surface area contributed by atoms with E-state index in [0.29, 0.717) is 16.9 Å². The average Bonchev–Trinajstić information content (AvgIpc) is 2.81. The number of aromatic carboxylic acids is 1. The molecular weight excluding hydrogens is 288 g/mol. The van der Waals surface area contributed by atoms with Crippen LogP contribution in [0.1, 0.15) is 21.5 Å². The normalized spacial score (nSPS) is 12.9. The van der Waals surface area contributed by atoms with Crippen LogP contribution in [0.5, 0.6) is 5.75 Å². The third-order valence-corrected chi connectivity index (χ3v) is 3.67. The Hall–Kier alpha value is -3.09. The summed E-state index contributed by atoms with van der Waals surface area (Å²) in [4.78, 5) is 36.7. The topological polar surface area (TPSA) is 119 Å². The smallest absolute Gasteiger partial charge is 0.345 e. The van der Waals surface area contributed by atoms with Crippen molar-refractivity contribution in [3.63, 3.8) is 0 Å². The molecule has 22 heavy (non-hydrogen) atoms. The molecule has 0 saturated heterocycles. The van der Waals surface area contributed by atoms with E-state index in [1.54, 1.807) is 18.2 Å². The molecule has 1 aromatic carbocycles. The Morgan fingerprint density at radius 3 is 2.68 bits per heavy atom. The van der Waals surface area contributed by atoms with Gasteiger partial charge >= 0.3 is 5.97 Å². The lowest BCUT2D eigenvalue weighted by atomic mass is 10.0. The van der Waals surface area contributed by atoms with Gasteiger partial charge in [-0.3, -0.25) is 9.59 Å². The van der Waals surface area contributed by atoms with Gasteiger partial charge in [-0.05, 0) is 30.2 Å². The molecule has 0 fully saturated rings. The molecule has 7 nitrogen and oxygen atoms in total. The number of amides is 1. The Morgan fingerprint density at radius 2 is 2.00 bits per heavy atom. The first kappa shape index (κ1) is 13.9. The van der Waals surface area contributed by atoms with Crippen molar-refractivity contribution in [3.05, 3.63) is 45.2 Å². The summed E-state index contributed by atoms with van der Waals surface area (Å²) >= 11 is 0. The van der Waals surface area contributed by atoms with E-state index < -0.39 is 22.8 Å². The Bertz CT molecular complexity index is 882. The van der Waals surface area contributed by atoms with Crippen LogP contribution >= 0.6 is 0 Å². The zero-order chi connectivity index (χ0) is 16.0. The van der Waals surface area contributed by atoms with Gasteiger partial charge < -0.3 is 20.5 Å². The molecule has 0 aliphatic carbocycles. The van der Waals surface area contributed by atoms with E-state index in [1.165, 1.54) is 6.92 Å². The zero-order valence-electron chi connectivity index (χ0n) is 11.6. The largest absolute Gasteiger partial charge is 0.506 e. The molecule has 112 valence electrons. The van der Waals surface area contributed by atoms with Gasteiger partial charge in [-0.1, -0.05) is 6.07 Å². The first-order valence-electron chi connectivity index (χ1n) is 6.50. The van der Waals surface area contributed by atoms with Gasteiger partial charge in [0, 0.05) is 11.3 Å². The van der Waals surface area contributed by atoms with Crippen LogP contribution in [0.4, 0.5) is 5.69 Å². The van der Waals surface area contributed by atoms with Crippen LogP contribution in [0.2, 0.25) is 0 Å². The lowest BCUT2D eigenvalue weighted by Gasteiger charge is -2.11. The molecule has 0 unspecified atom stereocenters. The summed E-state index contributed by atoms with van der Waals surface area (Å²) in [6.07, 6.45) is 0.242. The number of benzene rings is 1. The van der Waals surface area contributed by atoms with E-state index in [2.05, 4.69) is 10.3 Å². The highest BCUT2D eigenvalue weighted by atomic mass is 16.4. The van der Waals surface area contributed by atoms with Crippen molar-refractivity contribution < 1.29 is 19.8 Å². The van der Waals surface area contributed by atoms with Crippen molar-refractivity contribution in [2.45, 2.75) is 13.3 Å². The van der Waals surface area contributed by atoms with Crippen molar-refractivity contribution >= 4 is 17.6 Å². The van der Waals surface area contributed by atoms with E-state index >= 15 is 0 Å². The molecule has 1 aromatic heterocycles. The van der Waals surface area contributed by atoms with Crippen LogP contribution in [0.3, 0.4) is 0 Å². The number of carbonyl (C=O) groups excluding carboxylic acids is 1. The quantitative estimate of drug-likeness (QED) is 0.665. The Labute approximate surface area is 124 Å². The number of carboxylic acid groups (broad SMARTS) is 1. The number of nitrogens with one attached hydrogen (secondary N) is 2. The maximum Gasteiger partial charge on any atom is 0.345 e. The second-order valence-corrected chi connectivity index (χ2v) is 5.08. The number of fused-ring (bicyclic) bond motifs is 1. The number of H-pyrrole nitrogens is 1. The van der Waals surface area contributed by atoms with Crippen molar-refractivity contribution in [3.8, 4) is 17.0 Å². The minimum atomic E-state index is -1.49. The Balaban J connectivity index is 2.18. The first-order chi connectivity index (χ1) is 10.4. The van der Waals surface area contributed by atoms with Crippen molar-refractivity contribution in [1.29, 1.82) is 0 Å². The molecular formula is C15H12N2O5. The fourth-order valence-corrected chi connectivity index (χ4v) is 2.56. The van der Waals surface area contributed by atoms with Crippen LogP contribution in [-0.2, 0) is 11.2 Å². The van der Waals surface area contributed by atoms with Gasteiger partial charge in [-0.25, -0.2) is 4.79 Å². The second-order valence-electron chi connectivity index (χ2n) is 5.08. The maximum atomic E-state index is 11.9. The van der Waals surface area contributed by atoms with E-state index in [0.717, 1.165) is 5.56 Å². The summed E-state index contributed by atoms with van der Waals surface area (Å²) in [5.41, 5.74) is 1.12. The Kier molecular flexibility index (Phi) is 2.98. The average molecular weight is 300 g/mol. The summed E-state index contributed by atoms with van der Waals surface area (Å²) in [7, 11) is 0. The number of hydrogen-bond donors (Lipinski definition) is 4. The predicted molar refractivity (Wildman–Crippen MR) is 78.2 cm³/mol. The molecule has 0 saturated carbocycles. The number of aromatic hydroxyl groups is 1. The molecule has 7 heteroatoms. The van der Waals surface area contributed by atoms with Gasteiger partial charge in [0.25, 0.3) is 5.56 Å². The molecule has 0 radical (unpaired) electrons. The molecule has 1 aliphatic rings. The molecule has 0 spiro atoms. The maximum absolute atomic E-state index is 11.9. The van der Waals surface area contributed by atoms with Crippen molar-refractivity contribution in [2.24, 2.45) is 0 Å². The van der Waals surface area contributed by atoms with Gasteiger partial charge in [0.05, 0.1) is 12.1 Å².